The number of aliphatic hydroxyl groups is 2. The zero-order valence-electron chi connectivity index (χ0n) is 14.5. The third kappa shape index (κ3) is 3.50. The number of hydrogen-bond donors (Lipinski definition) is 5. The smallest absolute Gasteiger partial charge is 0.280 e. The number of rotatable bonds is 6. The third-order valence-electron chi connectivity index (χ3n) is 4.28. The first-order valence-corrected chi connectivity index (χ1v) is 8.20. The predicted octanol–water partition coefficient (Wildman–Crippen LogP) is -2.94. The number of H-pyrrole nitrogens is 1. The van der Waals surface area contributed by atoms with Crippen LogP contribution in [0.1, 0.15) is 13.2 Å². The van der Waals surface area contributed by atoms with Crippen LogP contribution in [0.4, 0.5) is 5.95 Å². The SMILES string of the molecule is CCN(N)C(=O)CO[C@@H]1[C@H](O)[C@@H](CO)O[C@H]1n1cnc2c(=O)[nH]c(N)nc21. The summed E-state index contributed by atoms with van der Waals surface area (Å²) in [5.41, 5.74) is 5.17. The number of fused-ring (bicyclic) bond motifs is 1. The van der Waals surface area contributed by atoms with Crippen LogP contribution in [0.5, 0.6) is 0 Å². The molecular weight excluding hydrogens is 362 g/mol. The number of amides is 1. The maximum Gasteiger partial charge on any atom is 0.280 e. The van der Waals surface area contributed by atoms with E-state index in [1.54, 1.807) is 6.92 Å². The number of aliphatic hydroxyl groups excluding tert-OH is 2. The van der Waals surface area contributed by atoms with Gasteiger partial charge in [-0.2, -0.15) is 4.98 Å². The topological polar surface area (TPSA) is 195 Å². The Morgan fingerprint density at radius 3 is 2.96 bits per heavy atom. The zero-order valence-corrected chi connectivity index (χ0v) is 14.5. The monoisotopic (exact) mass is 383 g/mol. The molecule has 7 N–H and O–H groups in total. The Hall–Kier alpha value is -2.58. The van der Waals surface area contributed by atoms with E-state index in [0.717, 1.165) is 5.01 Å². The average molecular weight is 383 g/mol. The predicted molar refractivity (Wildman–Crippen MR) is 90.9 cm³/mol. The first kappa shape index (κ1) is 19.2. The molecule has 1 aliphatic rings. The second-order valence-electron chi connectivity index (χ2n) is 5.97. The van der Waals surface area contributed by atoms with Gasteiger partial charge in [0.15, 0.2) is 17.4 Å². The van der Waals surface area contributed by atoms with E-state index in [4.69, 9.17) is 21.1 Å². The minimum Gasteiger partial charge on any atom is -0.394 e. The van der Waals surface area contributed by atoms with Crippen LogP contribution in [0.25, 0.3) is 11.2 Å². The van der Waals surface area contributed by atoms with Crippen LogP contribution in [0.15, 0.2) is 11.1 Å². The summed E-state index contributed by atoms with van der Waals surface area (Å²) in [6.07, 6.45) is -2.97. The fraction of sp³-hybridized carbons (Fsp3) is 0.571. The Kier molecular flexibility index (Phi) is 5.38. The highest BCUT2D eigenvalue weighted by Crippen LogP contribution is 2.33. The summed E-state index contributed by atoms with van der Waals surface area (Å²) >= 11 is 0. The molecule has 0 bridgehead atoms. The van der Waals surface area contributed by atoms with Crippen molar-refractivity contribution in [3.05, 3.63) is 16.7 Å². The molecule has 0 saturated carbocycles. The van der Waals surface area contributed by atoms with E-state index in [0.29, 0.717) is 0 Å². The Labute approximate surface area is 152 Å². The van der Waals surface area contributed by atoms with E-state index < -0.39 is 49.2 Å². The van der Waals surface area contributed by atoms with Crippen molar-refractivity contribution in [1.82, 2.24) is 24.5 Å². The number of anilines is 1. The van der Waals surface area contributed by atoms with Crippen LogP contribution in [-0.2, 0) is 14.3 Å². The Balaban J connectivity index is 1.92. The van der Waals surface area contributed by atoms with E-state index in [-0.39, 0.29) is 23.7 Å². The largest absolute Gasteiger partial charge is 0.394 e. The Morgan fingerprint density at radius 1 is 1.56 bits per heavy atom. The molecule has 0 unspecified atom stereocenters. The summed E-state index contributed by atoms with van der Waals surface area (Å²) in [4.78, 5) is 34.2. The molecule has 2 aromatic rings. The molecule has 13 heteroatoms. The molecule has 27 heavy (non-hydrogen) atoms. The van der Waals surface area contributed by atoms with E-state index in [2.05, 4.69) is 15.0 Å². The molecule has 3 rings (SSSR count). The molecule has 1 aliphatic heterocycles. The normalized spacial score (nSPS) is 25.2. The number of hydrogen-bond acceptors (Lipinski definition) is 10. The first-order chi connectivity index (χ1) is 12.9. The highest BCUT2D eigenvalue weighted by atomic mass is 16.6. The van der Waals surface area contributed by atoms with Crippen molar-refractivity contribution < 1.29 is 24.5 Å². The van der Waals surface area contributed by atoms with Crippen molar-refractivity contribution >= 4 is 23.0 Å². The van der Waals surface area contributed by atoms with E-state index in [9.17, 15) is 19.8 Å². The van der Waals surface area contributed by atoms with Gasteiger partial charge in [-0.3, -0.25) is 24.1 Å². The van der Waals surface area contributed by atoms with Gasteiger partial charge in [-0.1, -0.05) is 0 Å². The number of nitrogens with two attached hydrogens (primary N) is 2. The van der Waals surface area contributed by atoms with Crippen molar-refractivity contribution in [2.45, 2.75) is 31.5 Å². The number of imidazole rings is 1. The van der Waals surface area contributed by atoms with Crippen LogP contribution in [0.2, 0.25) is 0 Å². The highest BCUT2D eigenvalue weighted by molar-refractivity contribution is 5.76. The number of nitrogen functional groups attached to an aromatic ring is 1. The van der Waals surface area contributed by atoms with E-state index in [1.807, 2.05) is 0 Å². The number of aromatic amines is 1. The van der Waals surface area contributed by atoms with Crippen molar-refractivity contribution in [1.29, 1.82) is 0 Å². The number of carbonyl (C=O) groups excluding carboxylic acids is 1. The van der Waals surface area contributed by atoms with Gasteiger partial charge < -0.3 is 25.4 Å². The molecule has 0 aliphatic carbocycles. The first-order valence-electron chi connectivity index (χ1n) is 8.20. The molecule has 13 nitrogen and oxygen atoms in total. The molecular formula is C14H21N7O6. The fourth-order valence-corrected chi connectivity index (χ4v) is 2.83. The molecule has 0 radical (unpaired) electrons. The minimum atomic E-state index is -1.24. The number of nitrogens with one attached hydrogen (secondary N) is 1. The molecule has 1 amide bonds. The summed E-state index contributed by atoms with van der Waals surface area (Å²) in [7, 11) is 0. The summed E-state index contributed by atoms with van der Waals surface area (Å²) in [6, 6.07) is 0. The lowest BCUT2D eigenvalue weighted by atomic mass is 10.1. The van der Waals surface area contributed by atoms with Gasteiger partial charge in [0.05, 0.1) is 12.9 Å². The lowest BCUT2D eigenvalue weighted by Crippen LogP contribution is -2.42. The summed E-state index contributed by atoms with van der Waals surface area (Å²) in [6.45, 7) is 1.09. The van der Waals surface area contributed by atoms with Crippen LogP contribution in [0.3, 0.4) is 0 Å². The standard InChI is InChI=1S/C14H21N7O6/c1-2-21(16)7(23)4-26-10-9(24)6(3-22)27-13(10)20-5-17-8-11(20)18-14(15)19-12(8)25/h5-6,9-10,13,22,24H,2-4,16H2,1H3,(H3,15,18,19,25)/t6-,9-,10-,13-/m1/s1. The van der Waals surface area contributed by atoms with Crippen molar-refractivity contribution in [2.75, 3.05) is 25.5 Å². The van der Waals surface area contributed by atoms with Crippen LogP contribution in [0, 0.1) is 0 Å². The Morgan fingerprint density at radius 2 is 2.30 bits per heavy atom. The summed E-state index contributed by atoms with van der Waals surface area (Å²) < 4.78 is 12.5. The van der Waals surface area contributed by atoms with Gasteiger partial charge in [0.25, 0.3) is 11.5 Å². The van der Waals surface area contributed by atoms with Crippen LogP contribution in [-0.4, -0.2) is 78.7 Å². The fourth-order valence-electron chi connectivity index (χ4n) is 2.83. The lowest BCUT2D eigenvalue weighted by molar-refractivity contribution is -0.143. The second kappa shape index (κ2) is 7.58. The average Bonchev–Trinajstić information content (AvgIpc) is 3.19. The molecule has 2 aromatic heterocycles. The number of aromatic nitrogens is 4. The van der Waals surface area contributed by atoms with Gasteiger partial charge in [0.2, 0.25) is 5.95 Å². The van der Waals surface area contributed by atoms with E-state index >= 15 is 0 Å². The van der Waals surface area contributed by atoms with Crippen molar-refractivity contribution in [2.24, 2.45) is 5.84 Å². The quantitative estimate of drug-likeness (QED) is 0.195. The van der Waals surface area contributed by atoms with Crippen molar-refractivity contribution in [3.63, 3.8) is 0 Å². The summed E-state index contributed by atoms with van der Waals surface area (Å²) in [5.74, 6) is 4.90. The van der Waals surface area contributed by atoms with Crippen molar-refractivity contribution in [3.8, 4) is 0 Å². The number of carbonyl (C=O) groups is 1. The van der Waals surface area contributed by atoms with Gasteiger partial charge in [0.1, 0.15) is 24.9 Å². The number of nitrogens with zero attached hydrogens (tertiary/aromatic N) is 4. The van der Waals surface area contributed by atoms with Crippen LogP contribution >= 0.6 is 0 Å². The van der Waals surface area contributed by atoms with Gasteiger partial charge in [-0.15, -0.1) is 0 Å². The molecule has 0 aromatic carbocycles. The van der Waals surface area contributed by atoms with Gasteiger partial charge in [-0.25, -0.2) is 10.8 Å². The maximum atomic E-state index is 11.9. The molecule has 4 atom stereocenters. The van der Waals surface area contributed by atoms with Crippen LogP contribution < -0.4 is 17.1 Å². The van der Waals surface area contributed by atoms with Gasteiger partial charge in [-0.05, 0) is 6.92 Å². The molecule has 1 fully saturated rings. The van der Waals surface area contributed by atoms with Gasteiger partial charge >= 0.3 is 0 Å². The molecule has 0 spiro atoms. The number of likely N-dealkylation sites (N-methyl/N-ethyl adjacent to an activating group) is 1. The minimum absolute atomic E-state index is 0.0173. The number of ether oxygens (including phenoxy) is 2. The molecule has 3 heterocycles. The molecule has 148 valence electrons. The number of hydrazine groups is 1. The molecule has 1 saturated heterocycles. The van der Waals surface area contributed by atoms with Gasteiger partial charge in [0, 0.05) is 6.54 Å². The maximum absolute atomic E-state index is 11.9. The Bertz CT molecular complexity index is 882. The highest BCUT2D eigenvalue weighted by Gasteiger charge is 2.46. The zero-order chi connectivity index (χ0) is 19.7. The third-order valence-corrected chi connectivity index (χ3v) is 4.28. The second-order valence-corrected chi connectivity index (χ2v) is 5.97. The lowest BCUT2D eigenvalue weighted by Gasteiger charge is -2.23. The van der Waals surface area contributed by atoms with E-state index in [1.165, 1.54) is 10.9 Å². The summed E-state index contributed by atoms with van der Waals surface area (Å²) in [5, 5.41) is 20.8.